The molecular weight excluding hydrogens is 256 g/mol. The third kappa shape index (κ3) is 4.65. The number of rotatable bonds is 7. The van der Waals surface area contributed by atoms with Crippen LogP contribution in [0.2, 0.25) is 0 Å². The molecule has 0 aliphatic rings. The first kappa shape index (κ1) is 15.1. The van der Waals surface area contributed by atoms with Crippen molar-refractivity contribution in [2.24, 2.45) is 0 Å². The van der Waals surface area contributed by atoms with Crippen molar-refractivity contribution in [2.45, 2.75) is 39.2 Å². The smallest absolute Gasteiger partial charge is 0.0995 e. The summed E-state index contributed by atoms with van der Waals surface area (Å²) in [5, 5.41) is 12.5. The minimum absolute atomic E-state index is 0.679. The number of anilines is 1. The van der Waals surface area contributed by atoms with Crippen molar-refractivity contribution in [3.8, 4) is 6.07 Å². The molecule has 2 rings (SSSR count). The number of nitrogens with zero attached hydrogens (tertiary/aromatic N) is 1. The van der Waals surface area contributed by atoms with Crippen molar-refractivity contribution >= 4 is 5.69 Å². The van der Waals surface area contributed by atoms with E-state index < -0.39 is 0 Å². The van der Waals surface area contributed by atoms with Gasteiger partial charge in [-0.3, -0.25) is 0 Å². The number of nitriles is 1. The maximum atomic E-state index is 9.08. The minimum Gasteiger partial charge on any atom is -0.381 e. The quantitative estimate of drug-likeness (QED) is 0.731. The summed E-state index contributed by atoms with van der Waals surface area (Å²) in [7, 11) is 0. The van der Waals surface area contributed by atoms with E-state index in [1.54, 1.807) is 0 Å². The van der Waals surface area contributed by atoms with Gasteiger partial charge in [0.2, 0.25) is 0 Å². The van der Waals surface area contributed by atoms with Crippen LogP contribution >= 0.6 is 0 Å². The highest BCUT2D eigenvalue weighted by atomic mass is 14.9. The number of unbranched alkanes of at least 4 members (excludes halogenated alkanes) is 2. The number of hydrogen-bond donors (Lipinski definition) is 1. The van der Waals surface area contributed by atoms with Gasteiger partial charge < -0.3 is 5.32 Å². The molecule has 0 fully saturated rings. The Hall–Kier alpha value is -2.27. The van der Waals surface area contributed by atoms with E-state index >= 15 is 0 Å². The van der Waals surface area contributed by atoms with E-state index in [2.05, 4.69) is 42.6 Å². The highest BCUT2D eigenvalue weighted by Gasteiger charge is 2.00. The first-order valence-electron chi connectivity index (χ1n) is 7.64. The molecule has 0 aromatic heterocycles. The molecule has 2 aromatic carbocycles. The summed E-state index contributed by atoms with van der Waals surface area (Å²) >= 11 is 0. The molecule has 0 saturated carbocycles. The standard InChI is InChI=1S/C19H22N2/c1-2-3-4-7-16-10-12-19(13-11-16)21-15-18-9-6-5-8-17(18)14-20/h5-6,8-13,21H,2-4,7,15H2,1H3. The van der Waals surface area contributed by atoms with Gasteiger partial charge in [0.25, 0.3) is 0 Å². The zero-order chi connectivity index (χ0) is 14.9. The van der Waals surface area contributed by atoms with Crippen molar-refractivity contribution in [3.05, 3.63) is 65.2 Å². The Kier molecular flexibility index (Phi) is 5.84. The lowest BCUT2D eigenvalue weighted by atomic mass is 10.1. The summed E-state index contributed by atoms with van der Waals surface area (Å²) in [6, 6.07) is 18.6. The van der Waals surface area contributed by atoms with Crippen LogP contribution in [0.3, 0.4) is 0 Å². The van der Waals surface area contributed by atoms with Gasteiger partial charge in [0.05, 0.1) is 11.6 Å². The van der Waals surface area contributed by atoms with Crippen LogP contribution in [0.25, 0.3) is 0 Å². The lowest BCUT2D eigenvalue weighted by molar-refractivity contribution is 0.717. The second-order valence-electron chi connectivity index (χ2n) is 5.28. The van der Waals surface area contributed by atoms with Gasteiger partial charge in [0.1, 0.15) is 0 Å². The van der Waals surface area contributed by atoms with Crippen LogP contribution in [0.5, 0.6) is 0 Å². The molecule has 0 bridgehead atoms. The lowest BCUT2D eigenvalue weighted by Gasteiger charge is -2.09. The minimum atomic E-state index is 0.679. The molecule has 0 saturated heterocycles. The summed E-state index contributed by atoms with van der Waals surface area (Å²) in [5.41, 5.74) is 4.27. The molecule has 1 N–H and O–H groups in total. The highest BCUT2D eigenvalue weighted by molar-refractivity contribution is 5.47. The number of nitrogens with one attached hydrogen (secondary N) is 1. The Morgan fingerprint density at radius 1 is 1.00 bits per heavy atom. The molecule has 0 aliphatic carbocycles. The van der Waals surface area contributed by atoms with E-state index in [9.17, 15) is 0 Å². The average molecular weight is 278 g/mol. The van der Waals surface area contributed by atoms with E-state index in [1.165, 1.54) is 24.8 Å². The van der Waals surface area contributed by atoms with Gasteiger partial charge in [-0.1, -0.05) is 50.1 Å². The first-order valence-corrected chi connectivity index (χ1v) is 7.64. The van der Waals surface area contributed by atoms with Crippen LogP contribution in [0.15, 0.2) is 48.5 Å². The summed E-state index contributed by atoms with van der Waals surface area (Å²) < 4.78 is 0. The Labute approximate surface area is 127 Å². The van der Waals surface area contributed by atoms with Crippen molar-refractivity contribution in [1.82, 2.24) is 0 Å². The van der Waals surface area contributed by atoms with Gasteiger partial charge in [0, 0.05) is 12.2 Å². The molecule has 0 heterocycles. The van der Waals surface area contributed by atoms with Gasteiger partial charge >= 0.3 is 0 Å². The zero-order valence-electron chi connectivity index (χ0n) is 12.6. The van der Waals surface area contributed by atoms with E-state index in [4.69, 9.17) is 5.26 Å². The fourth-order valence-corrected chi connectivity index (χ4v) is 2.35. The summed E-state index contributed by atoms with van der Waals surface area (Å²) in [6.45, 7) is 2.91. The zero-order valence-corrected chi connectivity index (χ0v) is 12.6. The molecule has 108 valence electrons. The van der Waals surface area contributed by atoms with Gasteiger partial charge in [-0.25, -0.2) is 0 Å². The largest absolute Gasteiger partial charge is 0.381 e. The van der Waals surface area contributed by atoms with Crippen molar-refractivity contribution < 1.29 is 0 Å². The van der Waals surface area contributed by atoms with Crippen LogP contribution < -0.4 is 5.32 Å². The maximum absolute atomic E-state index is 9.08. The third-order valence-electron chi connectivity index (χ3n) is 3.64. The molecule has 0 atom stereocenters. The molecule has 0 aliphatic heterocycles. The molecule has 0 unspecified atom stereocenters. The first-order chi connectivity index (χ1) is 10.3. The predicted molar refractivity (Wildman–Crippen MR) is 88.2 cm³/mol. The van der Waals surface area contributed by atoms with E-state index in [1.807, 2.05) is 24.3 Å². The van der Waals surface area contributed by atoms with Gasteiger partial charge in [-0.05, 0) is 42.2 Å². The van der Waals surface area contributed by atoms with E-state index in [0.29, 0.717) is 6.54 Å². The van der Waals surface area contributed by atoms with Crippen LogP contribution in [0.4, 0.5) is 5.69 Å². The summed E-state index contributed by atoms with van der Waals surface area (Å²) in [4.78, 5) is 0. The number of hydrogen-bond acceptors (Lipinski definition) is 2. The molecule has 0 spiro atoms. The fourth-order valence-electron chi connectivity index (χ4n) is 2.35. The molecule has 2 aromatic rings. The second-order valence-corrected chi connectivity index (χ2v) is 5.28. The topological polar surface area (TPSA) is 35.8 Å². The average Bonchev–Trinajstić information content (AvgIpc) is 2.54. The maximum Gasteiger partial charge on any atom is 0.0995 e. The number of aryl methyl sites for hydroxylation is 1. The molecule has 0 amide bonds. The SMILES string of the molecule is CCCCCc1ccc(NCc2ccccc2C#N)cc1. The Bertz CT molecular complexity index is 594. The lowest BCUT2D eigenvalue weighted by Crippen LogP contribution is -2.01. The molecule has 0 radical (unpaired) electrons. The van der Waals surface area contributed by atoms with E-state index in [0.717, 1.165) is 23.2 Å². The summed E-state index contributed by atoms with van der Waals surface area (Å²) in [6.07, 6.45) is 4.98. The predicted octanol–water partition coefficient (Wildman–Crippen LogP) is 4.90. The summed E-state index contributed by atoms with van der Waals surface area (Å²) in [5.74, 6) is 0. The van der Waals surface area contributed by atoms with Gasteiger partial charge in [0.15, 0.2) is 0 Å². The van der Waals surface area contributed by atoms with Gasteiger partial charge in [-0.15, -0.1) is 0 Å². The van der Waals surface area contributed by atoms with Crippen LogP contribution in [-0.4, -0.2) is 0 Å². The number of benzene rings is 2. The fraction of sp³-hybridized carbons (Fsp3) is 0.316. The Morgan fingerprint density at radius 3 is 2.48 bits per heavy atom. The molecule has 21 heavy (non-hydrogen) atoms. The van der Waals surface area contributed by atoms with Gasteiger partial charge in [-0.2, -0.15) is 5.26 Å². The van der Waals surface area contributed by atoms with Crippen molar-refractivity contribution in [1.29, 1.82) is 5.26 Å². The van der Waals surface area contributed by atoms with Crippen LogP contribution in [0.1, 0.15) is 42.9 Å². The third-order valence-corrected chi connectivity index (χ3v) is 3.64. The second kappa shape index (κ2) is 8.11. The van der Waals surface area contributed by atoms with Crippen molar-refractivity contribution in [3.63, 3.8) is 0 Å². The Morgan fingerprint density at radius 2 is 1.76 bits per heavy atom. The molecule has 2 nitrogen and oxygen atoms in total. The van der Waals surface area contributed by atoms with E-state index in [-0.39, 0.29) is 0 Å². The molecular formula is C19H22N2. The van der Waals surface area contributed by atoms with Crippen LogP contribution in [-0.2, 0) is 13.0 Å². The monoisotopic (exact) mass is 278 g/mol. The highest BCUT2D eigenvalue weighted by Crippen LogP contribution is 2.15. The van der Waals surface area contributed by atoms with Crippen molar-refractivity contribution in [2.75, 3.05) is 5.32 Å². The normalized spacial score (nSPS) is 10.1. The van der Waals surface area contributed by atoms with Crippen LogP contribution in [0, 0.1) is 11.3 Å². The molecule has 2 heteroatoms. The Balaban J connectivity index is 1.90.